The maximum absolute atomic E-state index is 11.9. The van der Waals surface area contributed by atoms with Crippen molar-refractivity contribution in [1.82, 2.24) is 0 Å². The van der Waals surface area contributed by atoms with Crippen LogP contribution in [0.25, 0.3) is 0 Å². The predicted molar refractivity (Wildman–Crippen MR) is 72.2 cm³/mol. The molecule has 1 unspecified atom stereocenters. The Morgan fingerprint density at radius 2 is 2.00 bits per heavy atom. The summed E-state index contributed by atoms with van der Waals surface area (Å²) in [5.74, 6) is -0.160. The standard InChI is InChI=1S/C11H15Cl2NO2S/c1-2-10(14)7-17(15,16)6-8-5-9(12)3-4-11(8)13/h3-5,10H,2,6-7,14H2,1H3. The van der Waals surface area contributed by atoms with Crippen LogP contribution in [0, 0.1) is 0 Å². The van der Waals surface area contributed by atoms with Gasteiger partial charge in [-0.2, -0.15) is 0 Å². The minimum Gasteiger partial charge on any atom is -0.327 e. The molecule has 0 aliphatic rings. The van der Waals surface area contributed by atoms with Crippen molar-refractivity contribution in [3.8, 4) is 0 Å². The second-order valence-corrected chi connectivity index (χ2v) is 6.91. The normalized spacial score (nSPS) is 13.6. The Morgan fingerprint density at radius 1 is 1.35 bits per heavy atom. The first-order chi connectivity index (χ1) is 7.84. The summed E-state index contributed by atoms with van der Waals surface area (Å²) in [5, 5.41) is 0.877. The largest absolute Gasteiger partial charge is 0.327 e. The molecule has 0 bridgehead atoms. The first-order valence-corrected chi connectivity index (χ1v) is 7.81. The van der Waals surface area contributed by atoms with Gasteiger partial charge in [0.1, 0.15) is 0 Å². The van der Waals surface area contributed by atoms with Crippen LogP contribution in [0.5, 0.6) is 0 Å². The van der Waals surface area contributed by atoms with Crippen LogP contribution in [0.4, 0.5) is 0 Å². The number of halogens is 2. The summed E-state index contributed by atoms with van der Waals surface area (Å²) in [6.45, 7) is 1.85. The van der Waals surface area contributed by atoms with Crippen LogP contribution < -0.4 is 5.73 Å². The molecular formula is C11H15Cl2NO2S. The van der Waals surface area contributed by atoms with E-state index in [4.69, 9.17) is 28.9 Å². The van der Waals surface area contributed by atoms with Crippen molar-refractivity contribution < 1.29 is 8.42 Å². The van der Waals surface area contributed by atoms with Crippen LogP contribution >= 0.6 is 23.2 Å². The van der Waals surface area contributed by atoms with Crippen molar-refractivity contribution in [3.63, 3.8) is 0 Å². The highest BCUT2D eigenvalue weighted by Gasteiger charge is 2.17. The molecule has 0 heterocycles. The molecule has 0 saturated carbocycles. The van der Waals surface area contributed by atoms with E-state index in [1.165, 1.54) is 0 Å². The van der Waals surface area contributed by atoms with Gasteiger partial charge in [0.2, 0.25) is 0 Å². The van der Waals surface area contributed by atoms with E-state index in [1.807, 2.05) is 6.92 Å². The average Bonchev–Trinajstić information content (AvgIpc) is 2.22. The van der Waals surface area contributed by atoms with Gasteiger partial charge in [-0.1, -0.05) is 30.1 Å². The van der Waals surface area contributed by atoms with Crippen LogP contribution in [0.3, 0.4) is 0 Å². The maximum Gasteiger partial charge on any atom is 0.156 e. The molecule has 0 amide bonds. The van der Waals surface area contributed by atoms with Gasteiger partial charge >= 0.3 is 0 Å². The van der Waals surface area contributed by atoms with E-state index in [0.29, 0.717) is 22.0 Å². The number of rotatable bonds is 5. The molecule has 6 heteroatoms. The Labute approximate surface area is 112 Å². The van der Waals surface area contributed by atoms with Crippen molar-refractivity contribution in [3.05, 3.63) is 33.8 Å². The summed E-state index contributed by atoms with van der Waals surface area (Å²) >= 11 is 11.7. The van der Waals surface area contributed by atoms with Gasteiger partial charge in [-0.3, -0.25) is 0 Å². The predicted octanol–water partition coefficient (Wildman–Crippen LogP) is 2.65. The van der Waals surface area contributed by atoms with Crippen LogP contribution in [-0.2, 0) is 15.6 Å². The van der Waals surface area contributed by atoms with E-state index in [0.717, 1.165) is 0 Å². The molecule has 0 radical (unpaired) electrons. The minimum absolute atomic E-state index is 0.0354. The van der Waals surface area contributed by atoms with Crippen LogP contribution in [-0.4, -0.2) is 20.2 Å². The van der Waals surface area contributed by atoms with Crippen LogP contribution in [0.2, 0.25) is 10.0 Å². The zero-order valence-electron chi connectivity index (χ0n) is 9.49. The highest BCUT2D eigenvalue weighted by molar-refractivity contribution is 7.90. The number of benzene rings is 1. The Balaban J connectivity index is 2.86. The van der Waals surface area contributed by atoms with Gasteiger partial charge < -0.3 is 5.73 Å². The molecule has 2 N–H and O–H groups in total. The summed E-state index contributed by atoms with van der Waals surface area (Å²) in [6.07, 6.45) is 0.627. The topological polar surface area (TPSA) is 60.2 Å². The molecule has 96 valence electrons. The Hall–Kier alpha value is -0.290. The highest BCUT2D eigenvalue weighted by Crippen LogP contribution is 2.22. The van der Waals surface area contributed by atoms with Crippen molar-refractivity contribution >= 4 is 33.0 Å². The van der Waals surface area contributed by atoms with Crippen LogP contribution in [0.1, 0.15) is 18.9 Å². The molecule has 0 saturated heterocycles. The third kappa shape index (κ3) is 4.84. The average molecular weight is 296 g/mol. The lowest BCUT2D eigenvalue weighted by Gasteiger charge is -2.10. The quantitative estimate of drug-likeness (QED) is 0.908. The van der Waals surface area contributed by atoms with Crippen molar-refractivity contribution in [2.75, 3.05) is 5.75 Å². The second kappa shape index (κ2) is 6.05. The minimum atomic E-state index is -3.25. The van der Waals surface area contributed by atoms with Gasteiger partial charge in [0.25, 0.3) is 0 Å². The van der Waals surface area contributed by atoms with Gasteiger partial charge in [-0.05, 0) is 30.2 Å². The number of sulfone groups is 1. The zero-order chi connectivity index (χ0) is 13.1. The van der Waals surface area contributed by atoms with E-state index in [-0.39, 0.29) is 17.5 Å². The fourth-order valence-electron chi connectivity index (χ4n) is 1.39. The second-order valence-electron chi connectivity index (χ2n) is 3.96. The van der Waals surface area contributed by atoms with Gasteiger partial charge in [-0.25, -0.2) is 8.42 Å². The maximum atomic E-state index is 11.9. The molecule has 1 atom stereocenters. The lowest BCUT2D eigenvalue weighted by atomic mass is 10.2. The van der Waals surface area contributed by atoms with E-state index in [1.54, 1.807) is 18.2 Å². The fourth-order valence-corrected chi connectivity index (χ4v) is 3.57. The van der Waals surface area contributed by atoms with E-state index in [9.17, 15) is 8.42 Å². The molecule has 3 nitrogen and oxygen atoms in total. The first kappa shape index (κ1) is 14.8. The third-order valence-corrected chi connectivity index (χ3v) is 4.67. The molecule has 1 aromatic carbocycles. The van der Waals surface area contributed by atoms with Gasteiger partial charge in [0, 0.05) is 16.1 Å². The molecule has 1 rings (SSSR count). The van der Waals surface area contributed by atoms with Gasteiger partial charge in [0.05, 0.1) is 11.5 Å². The number of hydrogen-bond acceptors (Lipinski definition) is 3. The Kier molecular flexibility index (Phi) is 5.25. The van der Waals surface area contributed by atoms with Crippen molar-refractivity contribution in [1.29, 1.82) is 0 Å². The summed E-state index contributed by atoms with van der Waals surface area (Å²) < 4.78 is 23.7. The third-order valence-electron chi connectivity index (χ3n) is 2.38. The Bertz CT molecular complexity index is 488. The Morgan fingerprint density at radius 3 is 2.59 bits per heavy atom. The lowest BCUT2D eigenvalue weighted by Crippen LogP contribution is -2.29. The molecule has 0 aromatic heterocycles. The molecule has 0 aliphatic carbocycles. The highest BCUT2D eigenvalue weighted by atomic mass is 35.5. The van der Waals surface area contributed by atoms with Gasteiger partial charge in [-0.15, -0.1) is 0 Å². The van der Waals surface area contributed by atoms with Crippen molar-refractivity contribution in [2.24, 2.45) is 5.73 Å². The molecule has 1 aromatic rings. The summed E-state index contributed by atoms with van der Waals surface area (Å²) in [7, 11) is -3.25. The first-order valence-electron chi connectivity index (χ1n) is 5.24. The molecule has 0 spiro atoms. The molecule has 0 aliphatic heterocycles. The summed E-state index contributed by atoms with van der Waals surface area (Å²) in [6, 6.07) is 4.45. The van der Waals surface area contributed by atoms with E-state index in [2.05, 4.69) is 0 Å². The lowest BCUT2D eigenvalue weighted by molar-refractivity contribution is 0.583. The molecular weight excluding hydrogens is 281 g/mol. The van der Waals surface area contributed by atoms with E-state index >= 15 is 0 Å². The number of hydrogen-bond donors (Lipinski definition) is 1. The van der Waals surface area contributed by atoms with Crippen LogP contribution in [0.15, 0.2) is 18.2 Å². The fraction of sp³-hybridized carbons (Fsp3) is 0.455. The number of nitrogens with two attached hydrogens (primary N) is 1. The van der Waals surface area contributed by atoms with Gasteiger partial charge in [0.15, 0.2) is 9.84 Å². The summed E-state index contributed by atoms with van der Waals surface area (Å²) in [5.41, 5.74) is 6.16. The van der Waals surface area contributed by atoms with Crippen molar-refractivity contribution in [2.45, 2.75) is 25.1 Å². The molecule has 17 heavy (non-hydrogen) atoms. The zero-order valence-corrected chi connectivity index (χ0v) is 11.8. The van der Waals surface area contributed by atoms with E-state index < -0.39 is 9.84 Å². The SMILES string of the molecule is CCC(N)CS(=O)(=O)Cc1cc(Cl)ccc1Cl. The summed E-state index contributed by atoms with van der Waals surface area (Å²) in [4.78, 5) is 0. The monoisotopic (exact) mass is 295 g/mol. The molecule has 0 fully saturated rings. The smallest absolute Gasteiger partial charge is 0.156 e.